The lowest BCUT2D eigenvalue weighted by Crippen LogP contribution is -2.34. The molecule has 2 aliphatic rings. The number of benzene rings is 1. The van der Waals surface area contributed by atoms with E-state index in [0.717, 1.165) is 42.1 Å². The van der Waals surface area contributed by atoms with Gasteiger partial charge in [-0.05, 0) is 91.3 Å². The zero-order valence-electron chi connectivity index (χ0n) is 16.8. The Labute approximate surface area is 184 Å². The zero-order chi connectivity index (χ0) is 21.5. The number of aromatic nitrogens is 2. The fraction of sp³-hybridized carbons (Fsp3) is 0.375. The number of amides is 1. The van der Waals surface area contributed by atoms with Crippen molar-refractivity contribution in [3.8, 4) is 0 Å². The minimum Gasteiger partial charge on any atom is -0.383 e. The molecule has 2 saturated carbocycles. The fourth-order valence-electron chi connectivity index (χ4n) is 5.53. The number of halogens is 2. The van der Waals surface area contributed by atoms with Crippen molar-refractivity contribution in [1.29, 1.82) is 0 Å². The largest absolute Gasteiger partial charge is 0.383 e. The van der Waals surface area contributed by atoms with Gasteiger partial charge in [0.25, 0.3) is 5.91 Å². The van der Waals surface area contributed by atoms with Crippen LogP contribution in [0.2, 0.25) is 5.02 Å². The molecule has 0 radical (unpaired) electrons. The summed E-state index contributed by atoms with van der Waals surface area (Å²) in [6.45, 7) is 0. The maximum absolute atomic E-state index is 13.8. The van der Waals surface area contributed by atoms with Gasteiger partial charge in [-0.25, -0.2) is 9.37 Å². The Morgan fingerprint density at radius 3 is 2.58 bits per heavy atom. The van der Waals surface area contributed by atoms with Crippen LogP contribution in [-0.4, -0.2) is 27.1 Å². The Morgan fingerprint density at radius 2 is 1.87 bits per heavy atom. The Morgan fingerprint density at radius 1 is 1.10 bits per heavy atom. The van der Waals surface area contributed by atoms with E-state index in [4.69, 9.17) is 11.6 Å². The Balaban J connectivity index is 1.24. The van der Waals surface area contributed by atoms with E-state index in [0.29, 0.717) is 28.6 Å². The van der Waals surface area contributed by atoms with E-state index < -0.39 is 12.0 Å². The molecule has 2 aliphatic carbocycles. The minimum absolute atomic E-state index is 0.0603. The van der Waals surface area contributed by atoms with Crippen molar-refractivity contribution in [3.05, 3.63) is 65.2 Å². The van der Waals surface area contributed by atoms with Gasteiger partial charge in [0.05, 0.1) is 10.5 Å². The summed E-state index contributed by atoms with van der Waals surface area (Å²) in [5.41, 5.74) is 1.97. The second-order valence-corrected chi connectivity index (χ2v) is 9.21. The second-order valence-electron chi connectivity index (χ2n) is 8.78. The van der Waals surface area contributed by atoms with E-state index in [1.807, 2.05) is 6.07 Å². The average Bonchev–Trinajstić information content (AvgIpc) is 3.33. The molecule has 0 bridgehead atoms. The summed E-state index contributed by atoms with van der Waals surface area (Å²) in [7, 11) is 0. The first-order valence-corrected chi connectivity index (χ1v) is 11.0. The Kier molecular flexibility index (Phi) is 5.36. The number of aliphatic hydroxyl groups excluding tert-OH is 1. The van der Waals surface area contributed by atoms with Gasteiger partial charge < -0.3 is 10.4 Å². The normalized spacial score (nSPS) is 26.0. The molecular weight excluding hydrogens is 417 g/mol. The van der Waals surface area contributed by atoms with Crippen molar-refractivity contribution < 1.29 is 14.3 Å². The van der Waals surface area contributed by atoms with Crippen LogP contribution >= 0.6 is 11.6 Å². The number of hydrogen-bond donors (Lipinski definition) is 2. The number of carbonyl (C=O) groups excluding carboxylic acids is 1. The molecule has 2 N–H and O–H groups in total. The maximum Gasteiger partial charge on any atom is 0.254 e. The van der Waals surface area contributed by atoms with Crippen LogP contribution in [0.5, 0.6) is 0 Å². The van der Waals surface area contributed by atoms with Gasteiger partial charge in [0.2, 0.25) is 0 Å². The molecule has 3 aromatic rings. The van der Waals surface area contributed by atoms with E-state index in [2.05, 4.69) is 15.3 Å². The Hall–Kier alpha value is -2.57. The molecule has 1 aromatic carbocycles. The maximum atomic E-state index is 13.8. The average molecular weight is 440 g/mol. The van der Waals surface area contributed by atoms with Gasteiger partial charge in [-0.1, -0.05) is 11.6 Å². The highest BCUT2D eigenvalue weighted by molar-refractivity contribution is 6.30. The topological polar surface area (TPSA) is 75.1 Å². The molecule has 2 aromatic heterocycles. The third kappa shape index (κ3) is 4.02. The Bertz CT molecular complexity index is 1110. The van der Waals surface area contributed by atoms with Gasteiger partial charge in [0, 0.05) is 17.8 Å². The lowest BCUT2D eigenvalue weighted by Gasteiger charge is -2.20. The zero-order valence-corrected chi connectivity index (χ0v) is 17.6. The fourth-order valence-corrected chi connectivity index (χ4v) is 5.65. The molecule has 5 nitrogen and oxygen atoms in total. The first-order valence-electron chi connectivity index (χ1n) is 10.6. The molecule has 160 valence electrons. The van der Waals surface area contributed by atoms with Crippen LogP contribution in [0.15, 0.2) is 48.8 Å². The van der Waals surface area contributed by atoms with Gasteiger partial charge in [-0.15, -0.1) is 0 Å². The van der Waals surface area contributed by atoms with Crippen molar-refractivity contribution in [2.24, 2.45) is 17.8 Å². The van der Waals surface area contributed by atoms with Crippen LogP contribution in [0.25, 0.3) is 10.9 Å². The third-order valence-corrected chi connectivity index (χ3v) is 7.15. The molecule has 1 unspecified atom stereocenters. The molecule has 5 rings (SSSR count). The molecule has 7 heteroatoms. The third-order valence-electron chi connectivity index (χ3n) is 6.92. The van der Waals surface area contributed by atoms with Crippen LogP contribution in [0.3, 0.4) is 0 Å². The molecule has 31 heavy (non-hydrogen) atoms. The van der Waals surface area contributed by atoms with Crippen LogP contribution in [0.1, 0.15) is 37.2 Å². The second kappa shape index (κ2) is 8.17. The standard InChI is InChI=1S/C24H23ClFN3O2/c25-17-1-4-22(28-12-17)29-24(31)23(30)16-9-13-7-15(8-14(13)10-16)19-5-6-27-21-3-2-18(26)11-20(19)21/h1-6,11-16,23,30H,7-10H2,(H,28,29,31)/t13-,14+,15-,16+,23?. The van der Waals surface area contributed by atoms with E-state index >= 15 is 0 Å². The van der Waals surface area contributed by atoms with E-state index in [1.54, 1.807) is 30.5 Å². The number of nitrogens with zero attached hydrogens (tertiary/aromatic N) is 2. The molecular formula is C24H23ClFN3O2. The minimum atomic E-state index is -1.06. The number of anilines is 1. The number of rotatable bonds is 4. The highest BCUT2D eigenvalue weighted by atomic mass is 35.5. The lowest BCUT2D eigenvalue weighted by molar-refractivity contribution is -0.126. The number of fused-ring (bicyclic) bond motifs is 2. The molecule has 2 fully saturated rings. The molecule has 5 atom stereocenters. The first kappa shape index (κ1) is 20.3. The SMILES string of the molecule is O=C(Nc1ccc(Cl)cn1)C(O)[C@H]1C[C@H]2C[C@@H](c3ccnc4ccc(F)cc34)C[C@H]2C1. The van der Waals surface area contributed by atoms with Crippen LogP contribution < -0.4 is 5.32 Å². The summed E-state index contributed by atoms with van der Waals surface area (Å²) in [6, 6.07) is 10.0. The molecule has 0 saturated heterocycles. The van der Waals surface area contributed by atoms with Crippen LogP contribution in [0.4, 0.5) is 10.2 Å². The van der Waals surface area contributed by atoms with E-state index in [9.17, 15) is 14.3 Å². The van der Waals surface area contributed by atoms with Gasteiger partial charge in [-0.2, -0.15) is 0 Å². The summed E-state index contributed by atoms with van der Waals surface area (Å²) >= 11 is 5.82. The predicted octanol–water partition coefficient (Wildman–Crippen LogP) is 4.94. The highest BCUT2D eigenvalue weighted by Crippen LogP contribution is 2.53. The summed E-state index contributed by atoms with van der Waals surface area (Å²) in [6.07, 6.45) is 5.82. The van der Waals surface area contributed by atoms with E-state index in [1.165, 1.54) is 12.3 Å². The van der Waals surface area contributed by atoms with Crippen molar-refractivity contribution in [2.75, 3.05) is 5.32 Å². The number of nitrogens with one attached hydrogen (secondary N) is 1. The van der Waals surface area contributed by atoms with Gasteiger partial charge in [-0.3, -0.25) is 9.78 Å². The van der Waals surface area contributed by atoms with Crippen molar-refractivity contribution in [1.82, 2.24) is 9.97 Å². The van der Waals surface area contributed by atoms with Crippen molar-refractivity contribution >= 4 is 34.2 Å². The van der Waals surface area contributed by atoms with Gasteiger partial charge in [0.15, 0.2) is 0 Å². The molecule has 1 amide bonds. The van der Waals surface area contributed by atoms with Crippen molar-refractivity contribution in [2.45, 2.75) is 37.7 Å². The summed E-state index contributed by atoms with van der Waals surface area (Å²) in [5, 5.41) is 14.7. The number of aliphatic hydroxyl groups is 1. The quantitative estimate of drug-likeness (QED) is 0.603. The van der Waals surface area contributed by atoms with Gasteiger partial charge >= 0.3 is 0 Å². The van der Waals surface area contributed by atoms with Gasteiger partial charge in [0.1, 0.15) is 17.7 Å². The van der Waals surface area contributed by atoms with E-state index in [-0.39, 0.29) is 11.7 Å². The number of pyridine rings is 2. The smallest absolute Gasteiger partial charge is 0.254 e. The van der Waals surface area contributed by atoms with Crippen molar-refractivity contribution in [3.63, 3.8) is 0 Å². The number of hydrogen-bond acceptors (Lipinski definition) is 4. The monoisotopic (exact) mass is 439 g/mol. The summed E-state index contributed by atoms with van der Waals surface area (Å²) in [5.74, 6) is 0.924. The summed E-state index contributed by atoms with van der Waals surface area (Å²) < 4.78 is 13.8. The van der Waals surface area contributed by atoms with Crippen LogP contribution in [-0.2, 0) is 4.79 Å². The summed E-state index contributed by atoms with van der Waals surface area (Å²) in [4.78, 5) is 20.9. The van der Waals surface area contributed by atoms with Crippen LogP contribution in [0, 0.1) is 23.6 Å². The molecule has 0 spiro atoms. The highest BCUT2D eigenvalue weighted by Gasteiger charge is 2.45. The molecule has 0 aliphatic heterocycles. The lowest BCUT2D eigenvalue weighted by atomic mass is 9.89. The molecule has 2 heterocycles. The predicted molar refractivity (Wildman–Crippen MR) is 117 cm³/mol. The number of carbonyl (C=O) groups is 1. The first-order chi connectivity index (χ1) is 15.0.